The molecule has 4 bridgehead atoms. The second-order valence-corrected chi connectivity index (χ2v) is 11.7. The van der Waals surface area contributed by atoms with Crippen molar-refractivity contribution < 1.29 is 19.1 Å². The number of ketones is 2. The minimum Gasteiger partial charge on any atom is -0.496 e. The average molecular weight is 429 g/mol. The molecule has 6 aliphatic rings. The van der Waals surface area contributed by atoms with Gasteiger partial charge in [-0.15, -0.1) is 0 Å². The molecule has 0 spiro atoms. The molecule has 2 aromatic rings. The maximum atomic E-state index is 12.7. The van der Waals surface area contributed by atoms with E-state index in [9.17, 15) is 9.59 Å². The first kappa shape index (κ1) is 18.1. The zero-order chi connectivity index (χ0) is 21.9. The maximum absolute atomic E-state index is 12.7. The number of hydrogen-bond donors (Lipinski definition) is 0. The predicted octanol–water partition coefficient (Wildman–Crippen LogP) is 4.73. The van der Waals surface area contributed by atoms with Gasteiger partial charge in [-0.1, -0.05) is 38.1 Å². The summed E-state index contributed by atoms with van der Waals surface area (Å²) in [7, 11) is 3.59. The van der Waals surface area contributed by atoms with Crippen molar-refractivity contribution in [2.45, 2.75) is 38.5 Å². The Morgan fingerprint density at radius 3 is 1.47 bits per heavy atom. The minimum atomic E-state index is -0.0585. The van der Waals surface area contributed by atoms with Gasteiger partial charge in [0.1, 0.15) is 11.5 Å². The van der Waals surface area contributed by atoms with Gasteiger partial charge in [-0.2, -0.15) is 0 Å². The van der Waals surface area contributed by atoms with E-state index in [4.69, 9.17) is 9.47 Å². The number of ether oxygens (including phenoxy) is 2. The van der Waals surface area contributed by atoms with E-state index in [0.717, 1.165) is 35.1 Å². The van der Waals surface area contributed by atoms with Crippen LogP contribution in [0.1, 0.15) is 49.7 Å². The van der Waals surface area contributed by atoms with Crippen LogP contribution in [-0.2, 0) is 9.59 Å². The van der Waals surface area contributed by atoms with Gasteiger partial charge < -0.3 is 9.47 Å². The Bertz CT molecular complexity index is 1200. The number of carbonyl (C=O) groups excluding carboxylic acids is 2. The summed E-state index contributed by atoms with van der Waals surface area (Å²) in [5.74, 6) is 4.78. The van der Waals surface area contributed by atoms with Crippen LogP contribution in [0.2, 0.25) is 0 Å². The molecule has 0 aromatic heterocycles. The fraction of sp³-hybridized carbons (Fsp3) is 0.571. The molecule has 0 radical (unpaired) electrons. The topological polar surface area (TPSA) is 52.6 Å². The molecule has 2 aromatic carbocycles. The Morgan fingerprint density at radius 2 is 1.06 bits per heavy atom. The van der Waals surface area contributed by atoms with Gasteiger partial charge >= 0.3 is 0 Å². The van der Waals surface area contributed by atoms with E-state index in [1.54, 1.807) is 14.2 Å². The van der Waals surface area contributed by atoms with Crippen molar-refractivity contribution >= 4 is 22.3 Å². The first-order valence-corrected chi connectivity index (χ1v) is 12.2. The number of Topliss-reactive ketones (excluding diaryl/α,β-unsaturated/α-hetero) is 2. The lowest BCUT2D eigenvalue weighted by molar-refractivity contribution is -0.353. The van der Waals surface area contributed by atoms with E-state index < -0.39 is 0 Å². The van der Waals surface area contributed by atoms with E-state index in [1.807, 2.05) is 0 Å². The number of methoxy groups -OCH3 is 2. The Hall–Kier alpha value is -2.36. The Morgan fingerprint density at radius 1 is 0.688 bits per heavy atom. The van der Waals surface area contributed by atoms with Crippen molar-refractivity contribution in [2.75, 3.05) is 14.2 Å². The van der Waals surface area contributed by atoms with Crippen LogP contribution < -0.4 is 9.47 Å². The molecule has 6 aliphatic carbocycles. The normalized spacial score (nSPS) is 48.1. The minimum absolute atomic E-state index is 0.0110. The van der Waals surface area contributed by atoms with E-state index in [-0.39, 0.29) is 34.2 Å². The zero-order valence-corrected chi connectivity index (χ0v) is 19.0. The van der Waals surface area contributed by atoms with Crippen molar-refractivity contribution in [1.82, 2.24) is 0 Å². The highest BCUT2D eigenvalue weighted by Gasteiger charge is 2.90. The summed E-state index contributed by atoms with van der Waals surface area (Å²) in [5.41, 5.74) is 3.04. The smallest absolute Gasteiger partial charge is 0.202 e. The molecule has 0 aliphatic heterocycles. The highest BCUT2D eigenvalue weighted by molar-refractivity contribution is 6.41. The molecule has 0 saturated heterocycles. The van der Waals surface area contributed by atoms with Crippen molar-refractivity contribution in [3.8, 4) is 11.5 Å². The first-order valence-electron chi connectivity index (χ1n) is 12.2. The SMILES string of the molecule is COc1c2c(c(OC)c3ccccc13)[C@@H]1CC2C2C1C1(C)C3C([C@H]4C[C@@H]3C(=O)C4=O)C21C. The van der Waals surface area contributed by atoms with Crippen LogP contribution >= 0.6 is 0 Å². The highest BCUT2D eigenvalue weighted by atomic mass is 16.5. The molecule has 10 atom stereocenters. The first-order chi connectivity index (χ1) is 15.4. The van der Waals surface area contributed by atoms with Gasteiger partial charge in [0.15, 0.2) is 0 Å². The summed E-state index contributed by atoms with van der Waals surface area (Å²) in [4.78, 5) is 25.3. The van der Waals surface area contributed by atoms with Crippen molar-refractivity contribution in [1.29, 1.82) is 0 Å². The molecular weight excluding hydrogens is 400 g/mol. The summed E-state index contributed by atoms with van der Waals surface area (Å²) in [6.07, 6.45) is 1.96. The van der Waals surface area contributed by atoms with Gasteiger partial charge in [0, 0.05) is 33.7 Å². The zero-order valence-electron chi connectivity index (χ0n) is 19.0. The molecule has 5 saturated carbocycles. The highest BCUT2D eigenvalue weighted by Crippen LogP contribution is 2.94. The number of benzene rings is 2. The van der Waals surface area contributed by atoms with Crippen LogP contribution in [-0.4, -0.2) is 25.8 Å². The summed E-state index contributed by atoms with van der Waals surface area (Å²) < 4.78 is 12.2. The molecule has 8 rings (SSSR count). The van der Waals surface area contributed by atoms with Crippen LogP contribution in [0, 0.1) is 46.3 Å². The Labute approximate surface area is 187 Å². The van der Waals surface area contributed by atoms with Crippen LogP contribution in [0.5, 0.6) is 11.5 Å². The fourth-order valence-corrected chi connectivity index (χ4v) is 11.1. The Kier molecular flexibility index (Phi) is 2.87. The lowest BCUT2D eigenvalue weighted by Gasteiger charge is -2.83. The Balaban J connectivity index is 1.35. The van der Waals surface area contributed by atoms with Gasteiger partial charge in [-0.3, -0.25) is 9.59 Å². The van der Waals surface area contributed by atoms with E-state index in [2.05, 4.69) is 38.1 Å². The molecule has 5 fully saturated rings. The summed E-state index contributed by atoms with van der Waals surface area (Å²) in [5, 5.41) is 2.27. The predicted molar refractivity (Wildman–Crippen MR) is 119 cm³/mol. The number of fused-ring (bicyclic) bond motifs is 19. The van der Waals surface area contributed by atoms with Gasteiger partial charge in [-0.05, 0) is 59.2 Å². The number of rotatable bonds is 2. The molecule has 4 nitrogen and oxygen atoms in total. The van der Waals surface area contributed by atoms with Crippen molar-refractivity contribution in [3.05, 3.63) is 35.4 Å². The molecule has 0 heterocycles. The fourth-order valence-electron chi connectivity index (χ4n) is 11.1. The van der Waals surface area contributed by atoms with Crippen LogP contribution in [0.25, 0.3) is 10.8 Å². The second kappa shape index (κ2) is 5.08. The third-order valence-corrected chi connectivity index (χ3v) is 11.7. The summed E-state index contributed by atoms with van der Waals surface area (Å²) in [6, 6.07) is 8.44. The van der Waals surface area contributed by atoms with Crippen molar-refractivity contribution in [3.63, 3.8) is 0 Å². The standard InChI is InChI=1S/C28H28O4/c1-27-19-13-9-14(18-17(13)25(31-3)11-7-5-6-8-12(11)26(18)32-4)20(19)28(27,2)22-16-10-15(21(22)27)23(29)24(16)30/h5-8,13-16,19-22H,9-10H2,1-4H3/t13-,14?,15-,16+,19?,20?,21?,22?,27?,28?/m0/s1. The quantitative estimate of drug-likeness (QED) is 0.512. The third-order valence-electron chi connectivity index (χ3n) is 11.7. The average Bonchev–Trinajstić information content (AvgIpc) is 3.54. The van der Waals surface area contributed by atoms with E-state index in [0.29, 0.717) is 35.5 Å². The maximum Gasteiger partial charge on any atom is 0.202 e. The molecule has 0 amide bonds. The van der Waals surface area contributed by atoms with Crippen LogP contribution in [0.15, 0.2) is 24.3 Å². The lowest BCUT2D eigenvalue weighted by Crippen LogP contribution is -2.81. The second-order valence-electron chi connectivity index (χ2n) is 11.7. The monoisotopic (exact) mass is 428 g/mol. The van der Waals surface area contributed by atoms with Gasteiger partial charge in [0.25, 0.3) is 0 Å². The molecule has 164 valence electrons. The largest absolute Gasteiger partial charge is 0.496 e. The van der Waals surface area contributed by atoms with Crippen LogP contribution in [0.3, 0.4) is 0 Å². The third kappa shape index (κ3) is 1.42. The van der Waals surface area contributed by atoms with Gasteiger partial charge in [-0.25, -0.2) is 0 Å². The number of hydrogen-bond acceptors (Lipinski definition) is 4. The van der Waals surface area contributed by atoms with E-state index in [1.165, 1.54) is 11.1 Å². The molecular formula is C28H28O4. The molecule has 4 heteroatoms. The molecule has 32 heavy (non-hydrogen) atoms. The lowest BCUT2D eigenvalue weighted by atomic mass is 9.20. The van der Waals surface area contributed by atoms with Crippen LogP contribution in [0.4, 0.5) is 0 Å². The summed E-state index contributed by atoms with van der Waals surface area (Å²) in [6.45, 7) is 4.91. The van der Waals surface area contributed by atoms with Gasteiger partial charge in [0.2, 0.25) is 11.6 Å². The molecule has 7 unspecified atom stereocenters. The molecule has 0 N–H and O–H groups in total. The number of carbonyl (C=O) groups is 2. The van der Waals surface area contributed by atoms with Gasteiger partial charge in [0.05, 0.1) is 14.2 Å². The summed E-state index contributed by atoms with van der Waals surface area (Å²) >= 11 is 0. The van der Waals surface area contributed by atoms with Crippen molar-refractivity contribution in [2.24, 2.45) is 46.3 Å². The van der Waals surface area contributed by atoms with E-state index >= 15 is 0 Å².